The average molecular weight is 384 g/mol. The molecule has 2 aromatic carbocycles. The van der Waals surface area contributed by atoms with Gasteiger partial charge in [-0.05, 0) is 24.8 Å². The maximum absolute atomic E-state index is 11.6. The third-order valence-corrected chi connectivity index (χ3v) is 5.79. The van der Waals surface area contributed by atoms with Crippen LogP contribution in [0, 0.1) is 11.8 Å². The van der Waals surface area contributed by atoms with E-state index in [-0.39, 0.29) is 0 Å². The van der Waals surface area contributed by atoms with E-state index < -0.39 is 5.60 Å². The molecule has 3 nitrogen and oxygen atoms in total. The highest BCUT2D eigenvalue weighted by Gasteiger charge is 2.30. The molecule has 4 rings (SSSR count). The summed E-state index contributed by atoms with van der Waals surface area (Å²) in [7, 11) is 0. The molecule has 0 bridgehead atoms. The van der Waals surface area contributed by atoms with Gasteiger partial charge in [-0.15, -0.1) is 0 Å². The maximum Gasteiger partial charge on any atom is 0.177 e. The van der Waals surface area contributed by atoms with E-state index in [1.54, 1.807) is 0 Å². The lowest BCUT2D eigenvalue weighted by molar-refractivity contribution is -0.930. The fourth-order valence-corrected chi connectivity index (χ4v) is 4.23. The van der Waals surface area contributed by atoms with E-state index in [9.17, 15) is 5.11 Å². The number of pyridine rings is 1. The Balaban J connectivity index is 1.61. The van der Waals surface area contributed by atoms with Crippen LogP contribution in [0.1, 0.15) is 42.0 Å². The first kappa shape index (κ1) is 19.4. The summed E-state index contributed by atoms with van der Waals surface area (Å²) in [5.74, 6) is 6.55. The number of hydrogen-bond acceptors (Lipinski definition) is 2. The van der Waals surface area contributed by atoms with Gasteiger partial charge in [0, 0.05) is 35.5 Å². The smallest absolute Gasteiger partial charge is 0.177 e. The standard InChI is InChI=1S/C26H26N2O/c29-26(23-12-3-1-4-13-23,24-14-5-2-6-15-24)17-10-20-28-19-8-7-16-25(28)22-11-9-18-27-21-22/h1-6,9,11-15,18,21,25,29H,7-8,16,19-20H2/p+1/t25-/m0/s1. The number of likely N-dealkylation sites (tertiary alicyclic amines) is 1. The first-order valence-electron chi connectivity index (χ1n) is 10.4. The molecule has 1 aliphatic heterocycles. The zero-order chi connectivity index (χ0) is 19.9. The lowest BCUT2D eigenvalue weighted by Gasteiger charge is -2.31. The number of aromatic nitrogens is 1. The summed E-state index contributed by atoms with van der Waals surface area (Å²) in [5, 5.41) is 11.6. The number of quaternary nitrogens is 1. The molecular formula is C26H27N2O+. The second-order valence-electron chi connectivity index (χ2n) is 7.66. The Morgan fingerprint density at radius 1 is 0.931 bits per heavy atom. The summed E-state index contributed by atoms with van der Waals surface area (Å²) in [6, 6.07) is 24.0. The minimum absolute atomic E-state index is 0.424. The molecule has 146 valence electrons. The minimum atomic E-state index is -1.30. The Morgan fingerprint density at radius 3 is 2.24 bits per heavy atom. The third-order valence-electron chi connectivity index (χ3n) is 5.79. The molecule has 1 saturated heterocycles. The van der Waals surface area contributed by atoms with Crippen molar-refractivity contribution in [2.45, 2.75) is 30.9 Å². The van der Waals surface area contributed by atoms with Gasteiger partial charge in [-0.3, -0.25) is 4.98 Å². The van der Waals surface area contributed by atoms with Gasteiger partial charge in [-0.1, -0.05) is 72.7 Å². The summed E-state index contributed by atoms with van der Waals surface area (Å²) in [6.07, 6.45) is 7.42. The van der Waals surface area contributed by atoms with Crippen molar-refractivity contribution in [3.63, 3.8) is 0 Å². The van der Waals surface area contributed by atoms with Gasteiger partial charge in [0.2, 0.25) is 0 Å². The largest absolute Gasteiger partial charge is 0.369 e. The lowest BCUT2D eigenvalue weighted by atomic mass is 9.87. The van der Waals surface area contributed by atoms with E-state index in [4.69, 9.17) is 0 Å². The van der Waals surface area contributed by atoms with Crippen LogP contribution >= 0.6 is 0 Å². The number of nitrogens with one attached hydrogen (secondary N) is 1. The van der Waals surface area contributed by atoms with E-state index in [2.05, 4.69) is 22.9 Å². The van der Waals surface area contributed by atoms with Crippen LogP contribution in [-0.2, 0) is 5.60 Å². The third kappa shape index (κ3) is 4.40. The van der Waals surface area contributed by atoms with Gasteiger partial charge >= 0.3 is 0 Å². The summed E-state index contributed by atoms with van der Waals surface area (Å²) < 4.78 is 0. The van der Waals surface area contributed by atoms with Gasteiger partial charge in [-0.25, -0.2) is 0 Å². The predicted molar refractivity (Wildman–Crippen MR) is 115 cm³/mol. The highest BCUT2D eigenvalue weighted by atomic mass is 16.3. The topological polar surface area (TPSA) is 37.6 Å². The highest BCUT2D eigenvalue weighted by molar-refractivity contribution is 5.44. The molecule has 1 aliphatic rings. The first-order chi connectivity index (χ1) is 14.3. The Kier molecular flexibility index (Phi) is 6.05. The average Bonchev–Trinajstić information content (AvgIpc) is 2.81. The molecular weight excluding hydrogens is 356 g/mol. The van der Waals surface area contributed by atoms with Crippen molar-refractivity contribution in [1.82, 2.24) is 4.98 Å². The summed E-state index contributed by atoms with van der Waals surface area (Å²) in [4.78, 5) is 5.76. The number of aliphatic hydroxyl groups is 1. The molecule has 0 aliphatic carbocycles. The minimum Gasteiger partial charge on any atom is -0.369 e. The molecule has 1 unspecified atom stereocenters. The van der Waals surface area contributed by atoms with E-state index in [0.29, 0.717) is 12.6 Å². The summed E-state index contributed by atoms with van der Waals surface area (Å²) >= 11 is 0. The Hall–Kier alpha value is -2.93. The monoisotopic (exact) mass is 383 g/mol. The number of hydrogen-bond donors (Lipinski definition) is 2. The molecule has 0 saturated carbocycles. The van der Waals surface area contributed by atoms with Gasteiger partial charge in [0.15, 0.2) is 5.60 Å². The van der Waals surface area contributed by atoms with Gasteiger partial charge in [-0.2, -0.15) is 0 Å². The van der Waals surface area contributed by atoms with Crippen LogP contribution in [-0.4, -0.2) is 23.2 Å². The quantitative estimate of drug-likeness (QED) is 0.680. The van der Waals surface area contributed by atoms with E-state index >= 15 is 0 Å². The second kappa shape index (κ2) is 9.05. The lowest BCUT2D eigenvalue weighted by Crippen LogP contribution is -3.13. The Bertz CT molecular complexity index is 922. The van der Waals surface area contributed by atoms with Crippen molar-refractivity contribution < 1.29 is 10.0 Å². The normalized spacial score (nSPS) is 19.2. The molecule has 1 fully saturated rings. The van der Waals surface area contributed by atoms with E-state index in [1.807, 2.05) is 79.1 Å². The second-order valence-corrected chi connectivity index (χ2v) is 7.66. The Morgan fingerprint density at radius 2 is 1.62 bits per heavy atom. The van der Waals surface area contributed by atoms with Crippen molar-refractivity contribution in [2.24, 2.45) is 0 Å². The zero-order valence-electron chi connectivity index (χ0n) is 16.6. The predicted octanol–water partition coefficient (Wildman–Crippen LogP) is 3.13. The fraction of sp³-hybridized carbons (Fsp3) is 0.269. The van der Waals surface area contributed by atoms with Crippen LogP contribution in [0.25, 0.3) is 0 Å². The van der Waals surface area contributed by atoms with Crippen molar-refractivity contribution in [2.75, 3.05) is 13.1 Å². The molecule has 2 N–H and O–H groups in total. The molecule has 29 heavy (non-hydrogen) atoms. The van der Waals surface area contributed by atoms with Crippen LogP contribution in [0.2, 0.25) is 0 Å². The van der Waals surface area contributed by atoms with Crippen molar-refractivity contribution in [1.29, 1.82) is 0 Å². The van der Waals surface area contributed by atoms with Gasteiger partial charge < -0.3 is 10.0 Å². The van der Waals surface area contributed by atoms with Gasteiger partial charge in [0.1, 0.15) is 12.6 Å². The molecule has 3 aromatic rings. The van der Waals surface area contributed by atoms with Crippen LogP contribution in [0.3, 0.4) is 0 Å². The van der Waals surface area contributed by atoms with Crippen LogP contribution in [0.5, 0.6) is 0 Å². The Labute approximate surface area is 173 Å². The van der Waals surface area contributed by atoms with Crippen LogP contribution in [0.15, 0.2) is 85.2 Å². The molecule has 1 aromatic heterocycles. The zero-order valence-corrected chi connectivity index (χ0v) is 16.6. The van der Waals surface area contributed by atoms with Crippen molar-refractivity contribution >= 4 is 0 Å². The highest BCUT2D eigenvalue weighted by Crippen LogP contribution is 2.28. The SMILES string of the molecule is OC(C#CC[NH+]1CCCC[C@H]1c1cccnc1)(c1ccccc1)c1ccccc1. The van der Waals surface area contributed by atoms with Crippen molar-refractivity contribution in [3.8, 4) is 11.8 Å². The fourth-order valence-electron chi connectivity index (χ4n) is 4.23. The van der Waals surface area contributed by atoms with E-state index in [0.717, 1.165) is 24.1 Å². The molecule has 3 heteroatoms. The number of nitrogens with zero attached hydrogens (tertiary/aromatic N) is 1. The summed E-state index contributed by atoms with van der Waals surface area (Å²) in [5.41, 5.74) is 1.58. The van der Waals surface area contributed by atoms with E-state index in [1.165, 1.54) is 23.3 Å². The number of rotatable bonds is 4. The maximum atomic E-state index is 11.6. The number of piperidine rings is 1. The molecule has 2 atom stereocenters. The molecule has 0 spiro atoms. The number of benzene rings is 2. The van der Waals surface area contributed by atoms with Crippen molar-refractivity contribution in [3.05, 3.63) is 102 Å². The summed E-state index contributed by atoms with van der Waals surface area (Å²) in [6.45, 7) is 1.81. The van der Waals surface area contributed by atoms with Crippen LogP contribution in [0.4, 0.5) is 0 Å². The first-order valence-corrected chi connectivity index (χ1v) is 10.4. The van der Waals surface area contributed by atoms with Crippen LogP contribution < -0.4 is 4.90 Å². The van der Waals surface area contributed by atoms with Gasteiger partial charge in [0.25, 0.3) is 0 Å². The molecule has 2 heterocycles. The molecule has 0 radical (unpaired) electrons. The van der Waals surface area contributed by atoms with Gasteiger partial charge in [0.05, 0.1) is 6.54 Å². The molecule has 0 amide bonds.